The van der Waals surface area contributed by atoms with E-state index >= 15 is 0 Å². The van der Waals surface area contributed by atoms with Crippen molar-refractivity contribution < 1.29 is 19.7 Å². The predicted molar refractivity (Wildman–Crippen MR) is 139 cm³/mol. The molecule has 0 fully saturated rings. The number of fused-ring (bicyclic) bond motifs is 2. The Kier molecular flexibility index (Phi) is 7.55. The third-order valence-corrected chi connectivity index (χ3v) is 6.01. The van der Waals surface area contributed by atoms with Crippen molar-refractivity contribution in [2.75, 3.05) is 0 Å². The molecule has 1 aromatic heterocycles. The first kappa shape index (κ1) is 25.2. The Hall–Kier alpha value is -3.47. The Morgan fingerprint density at radius 2 is 1.53 bits per heavy atom. The van der Waals surface area contributed by atoms with Crippen LogP contribution in [-0.4, -0.2) is 15.3 Å². The first-order chi connectivity index (χ1) is 16.0. The molecule has 0 aliphatic heterocycles. The summed E-state index contributed by atoms with van der Waals surface area (Å²) in [6, 6.07) is 3.00. The second kappa shape index (κ2) is 10.2. The molecule has 0 saturated carbocycles. The van der Waals surface area contributed by atoms with Gasteiger partial charge in [0.1, 0.15) is 11.3 Å². The first-order valence-corrected chi connectivity index (χ1v) is 11.6. The van der Waals surface area contributed by atoms with Crippen molar-refractivity contribution in [2.45, 2.75) is 67.2 Å². The highest BCUT2D eigenvalue weighted by Crippen LogP contribution is 2.39. The van der Waals surface area contributed by atoms with E-state index in [1.165, 1.54) is 17.2 Å². The lowest BCUT2D eigenvalue weighted by molar-refractivity contribution is 0.400. The Bertz CT molecular complexity index is 1390. The maximum absolute atomic E-state index is 13.7. The van der Waals surface area contributed by atoms with Gasteiger partial charge in [0, 0.05) is 5.56 Å². The molecule has 0 amide bonds. The molecule has 34 heavy (non-hydrogen) atoms. The van der Waals surface area contributed by atoms with Crippen LogP contribution in [0.1, 0.15) is 64.2 Å². The van der Waals surface area contributed by atoms with Crippen molar-refractivity contribution in [3.8, 4) is 17.2 Å². The number of allylic oxidation sites excluding steroid dienone is 6. The molecule has 2 aromatic carbocycles. The summed E-state index contributed by atoms with van der Waals surface area (Å²) in [5, 5.41) is 32.2. The average molecular weight is 463 g/mol. The lowest BCUT2D eigenvalue weighted by Gasteiger charge is -2.13. The number of hydrogen-bond donors (Lipinski definition) is 3. The van der Waals surface area contributed by atoms with Crippen LogP contribution in [0.4, 0.5) is 0 Å². The van der Waals surface area contributed by atoms with Crippen molar-refractivity contribution in [3.05, 3.63) is 74.0 Å². The highest BCUT2D eigenvalue weighted by Gasteiger charge is 2.22. The molecule has 180 valence electrons. The second-order valence-corrected chi connectivity index (χ2v) is 9.49. The first-order valence-electron chi connectivity index (χ1n) is 11.6. The molecule has 3 rings (SSSR count). The lowest BCUT2D eigenvalue weighted by Crippen LogP contribution is -2.08. The largest absolute Gasteiger partial charge is 0.508 e. The van der Waals surface area contributed by atoms with Crippen molar-refractivity contribution in [2.24, 2.45) is 0 Å². The second-order valence-electron chi connectivity index (χ2n) is 9.49. The highest BCUT2D eigenvalue weighted by molar-refractivity contribution is 5.98. The van der Waals surface area contributed by atoms with Crippen LogP contribution < -0.4 is 5.43 Å². The zero-order valence-corrected chi connectivity index (χ0v) is 20.9. The van der Waals surface area contributed by atoms with Gasteiger partial charge in [0.25, 0.3) is 0 Å². The van der Waals surface area contributed by atoms with Crippen molar-refractivity contribution in [1.82, 2.24) is 0 Å². The monoisotopic (exact) mass is 462 g/mol. The topological polar surface area (TPSA) is 90.9 Å². The number of phenols is 3. The van der Waals surface area contributed by atoms with Crippen LogP contribution in [0.3, 0.4) is 0 Å². The van der Waals surface area contributed by atoms with Crippen LogP contribution in [0.2, 0.25) is 0 Å². The number of phenolic OH excluding ortho intramolecular Hbond substituents is 3. The molecule has 0 aliphatic rings. The molecule has 0 saturated heterocycles. The maximum Gasteiger partial charge on any atom is 0.201 e. The summed E-state index contributed by atoms with van der Waals surface area (Å²) < 4.78 is 6.09. The Morgan fingerprint density at radius 1 is 0.853 bits per heavy atom. The zero-order chi connectivity index (χ0) is 25.2. The smallest absolute Gasteiger partial charge is 0.201 e. The van der Waals surface area contributed by atoms with Gasteiger partial charge < -0.3 is 19.7 Å². The zero-order valence-electron chi connectivity index (χ0n) is 20.9. The molecular weight excluding hydrogens is 428 g/mol. The van der Waals surface area contributed by atoms with Gasteiger partial charge in [0.05, 0.1) is 10.8 Å². The Labute approximate surface area is 200 Å². The van der Waals surface area contributed by atoms with Crippen LogP contribution >= 0.6 is 0 Å². The number of aromatic hydroxyl groups is 3. The van der Waals surface area contributed by atoms with E-state index in [1.807, 2.05) is 32.9 Å². The van der Waals surface area contributed by atoms with E-state index in [1.54, 1.807) is 13.0 Å². The molecule has 0 radical (unpaired) electrons. The minimum absolute atomic E-state index is 0.0326. The SMILES string of the molecule is CC(C)=CCCC(C)=CCc1c(O)cc(C)c2c(=O)c3c(CC=C(C)C)cc(O)c(O)c3oc12. The summed E-state index contributed by atoms with van der Waals surface area (Å²) >= 11 is 0. The lowest BCUT2D eigenvalue weighted by atomic mass is 9.97. The van der Waals surface area contributed by atoms with Gasteiger partial charge in [0.2, 0.25) is 11.2 Å². The van der Waals surface area contributed by atoms with Crippen molar-refractivity contribution in [1.29, 1.82) is 0 Å². The van der Waals surface area contributed by atoms with Gasteiger partial charge in [-0.25, -0.2) is 0 Å². The van der Waals surface area contributed by atoms with Crippen LogP contribution in [0.5, 0.6) is 17.2 Å². The van der Waals surface area contributed by atoms with Gasteiger partial charge in [-0.2, -0.15) is 0 Å². The van der Waals surface area contributed by atoms with Crippen LogP contribution in [0.15, 0.2) is 56.3 Å². The predicted octanol–water partition coefficient (Wildman–Crippen LogP) is 7.12. The third kappa shape index (κ3) is 5.19. The van der Waals surface area contributed by atoms with Gasteiger partial charge in [-0.3, -0.25) is 4.79 Å². The molecule has 5 nitrogen and oxygen atoms in total. The summed E-state index contributed by atoms with van der Waals surface area (Å²) in [7, 11) is 0. The van der Waals surface area contributed by atoms with Gasteiger partial charge in [-0.1, -0.05) is 34.9 Å². The van der Waals surface area contributed by atoms with Gasteiger partial charge in [0.15, 0.2) is 11.3 Å². The summed E-state index contributed by atoms with van der Waals surface area (Å²) in [4.78, 5) is 13.7. The molecule has 3 N–H and O–H groups in total. The van der Waals surface area contributed by atoms with E-state index < -0.39 is 5.75 Å². The summed E-state index contributed by atoms with van der Waals surface area (Å²) in [5.41, 5.74) is 5.04. The number of hydrogen-bond acceptors (Lipinski definition) is 5. The quantitative estimate of drug-likeness (QED) is 0.198. The van der Waals surface area contributed by atoms with E-state index in [0.29, 0.717) is 34.9 Å². The number of benzene rings is 2. The fourth-order valence-corrected chi connectivity index (χ4v) is 4.11. The van der Waals surface area contributed by atoms with E-state index in [0.717, 1.165) is 18.4 Å². The molecule has 1 heterocycles. The number of rotatable bonds is 7. The molecule has 0 spiro atoms. The molecule has 0 atom stereocenters. The standard InChI is InChI=1S/C29H34O5/c1-16(2)8-7-9-18(5)11-13-21-22(30)14-19(6)24-27(33)25-20(12-10-17(3)4)15-23(31)26(32)29(25)34-28(21)24/h8,10-11,14-15,30-32H,7,9,12-13H2,1-6H3. The van der Waals surface area contributed by atoms with Crippen LogP contribution in [-0.2, 0) is 12.8 Å². The van der Waals surface area contributed by atoms with Crippen LogP contribution in [0, 0.1) is 6.92 Å². The van der Waals surface area contributed by atoms with Gasteiger partial charge in [-0.05, 0) is 90.5 Å². The van der Waals surface area contributed by atoms with Crippen molar-refractivity contribution in [3.63, 3.8) is 0 Å². The van der Waals surface area contributed by atoms with E-state index in [4.69, 9.17) is 4.42 Å². The molecule has 0 bridgehead atoms. The molecule has 3 aromatic rings. The Balaban J connectivity index is 2.24. The van der Waals surface area contributed by atoms with E-state index in [9.17, 15) is 20.1 Å². The van der Waals surface area contributed by atoms with Gasteiger partial charge >= 0.3 is 0 Å². The fourth-order valence-electron chi connectivity index (χ4n) is 4.11. The van der Waals surface area contributed by atoms with E-state index in [2.05, 4.69) is 19.9 Å². The van der Waals surface area contributed by atoms with Gasteiger partial charge in [-0.15, -0.1) is 0 Å². The Morgan fingerprint density at radius 3 is 2.18 bits per heavy atom. The molecule has 0 aliphatic carbocycles. The minimum atomic E-state index is -0.477. The maximum atomic E-state index is 13.7. The highest BCUT2D eigenvalue weighted by atomic mass is 16.4. The number of aryl methyl sites for hydroxylation is 1. The third-order valence-electron chi connectivity index (χ3n) is 6.01. The molecular formula is C29H34O5. The normalized spacial score (nSPS) is 11.8. The summed E-state index contributed by atoms with van der Waals surface area (Å²) in [5.74, 6) is -0.791. The summed E-state index contributed by atoms with van der Waals surface area (Å²) in [6.45, 7) is 11.8. The van der Waals surface area contributed by atoms with E-state index in [-0.39, 0.29) is 33.5 Å². The molecule has 5 heteroatoms. The van der Waals surface area contributed by atoms with Crippen LogP contribution in [0.25, 0.3) is 21.9 Å². The fraction of sp³-hybridized carbons (Fsp3) is 0.345. The average Bonchev–Trinajstić information content (AvgIpc) is 2.74. The summed E-state index contributed by atoms with van der Waals surface area (Å²) in [6.07, 6.45) is 8.78. The minimum Gasteiger partial charge on any atom is -0.508 e. The molecule has 0 unspecified atom stereocenters. The van der Waals surface area contributed by atoms with Crippen molar-refractivity contribution >= 4 is 21.9 Å².